The summed E-state index contributed by atoms with van der Waals surface area (Å²) in [5.74, 6) is 1.93. The van der Waals surface area contributed by atoms with E-state index in [-0.39, 0.29) is 17.9 Å². The minimum Gasteiger partial charge on any atom is -0.341 e. The second-order valence-electron chi connectivity index (χ2n) is 6.17. The van der Waals surface area contributed by atoms with Gasteiger partial charge in [0, 0.05) is 13.1 Å². The lowest BCUT2D eigenvalue weighted by atomic mass is 9.89. The third-order valence-corrected chi connectivity index (χ3v) is 4.57. The van der Waals surface area contributed by atoms with E-state index in [9.17, 15) is 4.79 Å². The molecule has 3 atom stereocenters. The SMILES string of the molecule is CCC(C)[C@H](N)C(=O)N1CCCC(C(C)C)CC1. The molecule has 18 heavy (non-hydrogen) atoms. The van der Waals surface area contributed by atoms with Crippen LogP contribution in [0.15, 0.2) is 0 Å². The van der Waals surface area contributed by atoms with Gasteiger partial charge in [0.1, 0.15) is 0 Å². The molecule has 0 bridgehead atoms. The van der Waals surface area contributed by atoms with Crippen LogP contribution in [0.3, 0.4) is 0 Å². The van der Waals surface area contributed by atoms with Crippen LogP contribution in [0, 0.1) is 17.8 Å². The quantitative estimate of drug-likeness (QED) is 0.838. The maximum atomic E-state index is 12.3. The second kappa shape index (κ2) is 7.13. The van der Waals surface area contributed by atoms with Gasteiger partial charge in [-0.1, -0.05) is 34.1 Å². The van der Waals surface area contributed by atoms with E-state index >= 15 is 0 Å². The lowest BCUT2D eigenvalue weighted by molar-refractivity contribution is -0.133. The predicted molar refractivity (Wildman–Crippen MR) is 76.2 cm³/mol. The molecule has 0 aromatic heterocycles. The van der Waals surface area contributed by atoms with Crippen LogP contribution >= 0.6 is 0 Å². The van der Waals surface area contributed by atoms with E-state index in [0.29, 0.717) is 0 Å². The van der Waals surface area contributed by atoms with Gasteiger partial charge in [-0.2, -0.15) is 0 Å². The zero-order valence-electron chi connectivity index (χ0n) is 12.5. The molecule has 1 amide bonds. The number of hydrogen-bond donors (Lipinski definition) is 1. The average molecular weight is 254 g/mol. The fraction of sp³-hybridized carbons (Fsp3) is 0.933. The first-order valence-corrected chi connectivity index (χ1v) is 7.51. The minimum absolute atomic E-state index is 0.161. The van der Waals surface area contributed by atoms with Gasteiger partial charge < -0.3 is 10.6 Å². The molecule has 2 N–H and O–H groups in total. The molecule has 1 rings (SSSR count). The Morgan fingerprint density at radius 1 is 1.28 bits per heavy atom. The molecule has 0 spiro atoms. The topological polar surface area (TPSA) is 46.3 Å². The maximum absolute atomic E-state index is 12.3. The van der Waals surface area contributed by atoms with Crippen LogP contribution in [0.4, 0.5) is 0 Å². The Kier molecular flexibility index (Phi) is 6.13. The van der Waals surface area contributed by atoms with Crippen molar-refractivity contribution in [3.8, 4) is 0 Å². The summed E-state index contributed by atoms with van der Waals surface area (Å²) in [5, 5.41) is 0. The van der Waals surface area contributed by atoms with Crippen molar-refractivity contribution in [2.24, 2.45) is 23.5 Å². The average Bonchev–Trinajstić information content (AvgIpc) is 2.61. The normalized spacial score (nSPS) is 24.8. The summed E-state index contributed by atoms with van der Waals surface area (Å²) in [4.78, 5) is 14.3. The Bertz CT molecular complexity index is 265. The van der Waals surface area contributed by atoms with E-state index in [1.165, 1.54) is 6.42 Å². The van der Waals surface area contributed by atoms with Crippen molar-refractivity contribution in [3.63, 3.8) is 0 Å². The van der Waals surface area contributed by atoms with Crippen molar-refractivity contribution in [1.29, 1.82) is 0 Å². The fourth-order valence-electron chi connectivity index (χ4n) is 2.72. The number of carbonyl (C=O) groups is 1. The first-order valence-electron chi connectivity index (χ1n) is 7.51. The van der Waals surface area contributed by atoms with Crippen molar-refractivity contribution in [2.45, 2.75) is 59.4 Å². The molecular formula is C15H30N2O. The Hall–Kier alpha value is -0.570. The molecule has 3 heteroatoms. The first-order chi connectivity index (χ1) is 8.47. The molecule has 106 valence electrons. The monoisotopic (exact) mass is 254 g/mol. The highest BCUT2D eigenvalue weighted by Gasteiger charge is 2.27. The predicted octanol–water partition coefficient (Wildman–Crippen LogP) is 2.64. The zero-order chi connectivity index (χ0) is 13.7. The van der Waals surface area contributed by atoms with Gasteiger partial charge in [-0.05, 0) is 37.0 Å². The number of hydrogen-bond acceptors (Lipinski definition) is 2. The summed E-state index contributed by atoms with van der Waals surface area (Å²) in [7, 11) is 0. The molecule has 0 aromatic carbocycles. The van der Waals surface area contributed by atoms with Crippen molar-refractivity contribution < 1.29 is 4.79 Å². The van der Waals surface area contributed by atoms with E-state index in [1.807, 2.05) is 4.90 Å². The molecule has 0 aromatic rings. The standard InChI is InChI=1S/C15H30N2O/c1-5-12(4)14(16)15(18)17-9-6-7-13(8-10-17)11(2)3/h11-14H,5-10,16H2,1-4H3/t12?,13?,14-/m0/s1. The van der Waals surface area contributed by atoms with Crippen molar-refractivity contribution in [3.05, 3.63) is 0 Å². The smallest absolute Gasteiger partial charge is 0.239 e. The number of amides is 1. The van der Waals surface area contributed by atoms with Gasteiger partial charge in [0.05, 0.1) is 6.04 Å². The van der Waals surface area contributed by atoms with Crippen LogP contribution in [-0.4, -0.2) is 29.9 Å². The fourth-order valence-corrected chi connectivity index (χ4v) is 2.72. The maximum Gasteiger partial charge on any atom is 0.239 e. The van der Waals surface area contributed by atoms with Gasteiger partial charge in [-0.3, -0.25) is 4.79 Å². The van der Waals surface area contributed by atoms with E-state index in [2.05, 4.69) is 27.7 Å². The molecule has 1 saturated heterocycles. The molecule has 1 aliphatic rings. The Morgan fingerprint density at radius 2 is 1.94 bits per heavy atom. The molecular weight excluding hydrogens is 224 g/mol. The second-order valence-corrected chi connectivity index (χ2v) is 6.17. The highest BCUT2D eigenvalue weighted by atomic mass is 16.2. The third kappa shape index (κ3) is 3.98. The van der Waals surface area contributed by atoms with E-state index in [0.717, 1.165) is 44.2 Å². The van der Waals surface area contributed by atoms with Crippen LogP contribution < -0.4 is 5.73 Å². The van der Waals surface area contributed by atoms with Crippen molar-refractivity contribution in [1.82, 2.24) is 4.90 Å². The van der Waals surface area contributed by atoms with Gasteiger partial charge >= 0.3 is 0 Å². The number of likely N-dealkylation sites (tertiary alicyclic amines) is 1. The van der Waals surface area contributed by atoms with Gasteiger partial charge in [0.2, 0.25) is 5.91 Å². The number of rotatable bonds is 4. The zero-order valence-corrected chi connectivity index (χ0v) is 12.5. The van der Waals surface area contributed by atoms with Crippen LogP contribution in [0.1, 0.15) is 53.4 Å². The van der Waals surface area contributed by atoms with E-state index in [4.69, 9.17) is 5.73 Å². The summed E-state index contributed by atoms with van der Waals surface area (Å²) >= 11 is 0. The van der Waals surface area contributed by atoms with Gasteiger partial charge in [0.25, 0.3) is 0 Å². The summed E-state index contributed by atoms with van der Waals surface area (Å²) < 4.78 is 0. The Labute approximate surface area is 112 Å². The third-order valence-electron chi connectivity index (χ3n) is 4.57. The van der Waals surface area contributed by atoms with Crippen molar-refractivity contribution in [2.75, 3.05) is 13.1 Å². The highest BCUT2D eigenvalue weighted by molar-refractivity contribution is 5.82. The highest BCUT2D eigenvalue weighted by Crippen LogP contribution is 2.25. The van der Waals surface area contributed by atoms with E-state index in [1.54, 1.807) is 0 Å². The molecule has 1 heterocycles. The van der Waals surface area contributed by atoms with Gasteiger partial charge in [-0.25, -0.2) is 0 Å². The molecule has 0 aliphatic carbocycles. The summed E-state index contributed by atoms with van der Waals surface area (Å²) in [6, 6.07) is -0.314. The minimum atomic E-state index is -0.314. The van der Waals surface area contributed by atoms with Crippen LogP contribution in [0.5, 0.6) is 0 Å². The summed E-state index contributed by atoms with van der Waals surface area (Å²) in [6.45, 7) is 10.5. The lowest BCUT2D eigenvalue weighted by Crippen LogP contribution is -2.47. The van der Waals surface area contributed by atoms with E-state index < -0.39 is 0 Å². The van der Waals surface area contributed by atoms with Gasteiger partial charge in [-0.15, -0.1) is 0 Å². The van der Waals surface area contributed by atoms with Crippen LogP contribution in [0.2, 0.25) is 0 Å². The summed E-state index contributed by atoms with van der Waals surface area (Å²) in [6.07, 6.45) is 4.48. The summed E-state index contributed by atoms with van der Waals surface area (Å²) in [5.41, 5.74) is 6.06. The molecule has 2 unspecified atom stereocenters. The molecule has 1 aliphatic heterocycles. The van der Waals surface area contributed by atoms with Crippen molar-refractivity contribution >= 4 is 5.91 Å². The Balaban J connectivity index is 2.54. The molecule has 0 radical (unpaired) electrons. The van der Waals surface area contributed by atoms with Crippen LogP contribution in [0.25, 0.3) is 0 Å². The Morgan fingerprint density at radius 3 is 2.50 bits per heavy atom. The molecule has 1 fully saturated rings. The van der Waals surface area contributed by atoms with Crippen LogP contribution in [-0.2, 0) is 4.79 Å². The number of nitrogens with two attached hydrogens (primary N) is 1. The van der Waals surface area contributed by atoms with Gasteiger partial charge in [0.15, 0.2) is 0 Å². The molecule has 3 nitrogen and oxygen atoms in total. The first kappa shape index (κ1) is 15.5. The number of carbonyl (C=O) groups excluding carboxylic acids is 1. The largest absolute Gasteiger partial charge is 0.341 e. The lowest BCUT2D eigenvalue weighted by Gasteiger charge is -2.27. The molecule has 0 saturated carbocycles. The number of nitrogens with zero attached hydrogens (tertiary/aromatic N) is 1.